The molecule has 0 aromatic carbocycles. The molecule has 5 heteroatoms. The molecule has 1 rings (SSSR count). The molecule has 104 valence electrons. The van der Waals surface area contributed by atoms with Crippen molar-refractivity contribution in [1.82, 2.24) is 5.32 Å². The lowest BCUT2D eigenvalue weighted by Gasteiger charge is -2.40. The van der Waals surface area contributed by atoms with E-state index in [4.69, 9.17) is 10.9 Å². The Morgan fingerprint density at radius 2 is 2.00 bits per heavy atom. The zero-order valence-corrected chi connectivity index (χ0v) is 11.6. The van der Waals surface area contributed by atoms with Crippen molar-refractivity contribution in [2.45, 2.75) is 58.9 Å². The van der Waals surface area contributed by atoms with Crippen molar-refractivity contribution in [3.63, 3.8) is 0 Å². The number of nitrogens with two attached hydrogens (primary N) is 1. The number of amides is 1. The predicted molar refractivity (Wildman–Crippen MR) is 71.4 cm³/mol. The molecule has 1 unspecified atom stereocenters. The van der Waals surface area contributed by atoms with Crippen molar-refractivity contribution in [2.75, 3.05) is 0 Å². The Morgan fingerprint density at radius 1 is 1.44 bits per heavy atom. The molecule has 0 saturated heterocycles. The van der Waals surface area contributed by atoms with Crippen molar-refractivity contribution in [2.24, 2.45) is 22.2 Å². The first kappa shape index (κ1) is 14.8. The fourth-order valence-electron chi connectivity index (χ4n) is 2.68. The maximum absolute atomic E-state index is 12.3. The van der Waals surface area contributed by atoms with Crippen LogP contribution in [0.4, 0.5) is 0 Å². The number of amidine groups is 1. The smallest absolute Gasteiger partial charge is 0.234 e. The Labute approximate surface area is 109 Å². The van der Waals surface area contributed by atoms with E-state index in [-0.39, 0.29) is 17.8 Å². The van der Waals surface area contributed by atoms with Crippen molar-refractivity contribution in [3.05, 3.63) is 0 Å². The molecule has 1 amide bonds. The van der Waals surface area contributed by atoms with Crippen molar-refractivity contribution in [1.29, 1.82) is 0 Å². The van der Waals surface area contributed by atoms with E-state index in [0.717, 1.165) is 19.3 Å². The van der Waals surface area contributed by atoms with Crippen LogP contribution in [-0.2, 0) is 4.79 Å². The van der Waals surface area contributed by atoms with Gasteiger partial charge in [-0.2, -0.15) is 0 Å². The molecule has 4 N–H and O–H groups in total. The Morgan fingerprint density at radius 3 is 2.33 bits per heavy atom. The molecule has 1 aliphatic rings. The summed E-state index contributed by atoms with van der Waals surface area (Å²) < 4.78 is 0. The van der Waals surface area contributed by atoms with Crippen LogP contribution in [-0.4, -0.2) is 23.0 Å². The topological polar surface area (TPSA) is 87.7 Å². The number of carbonyl (C=O) groups excluding carboxylic acids is 1. The highest BCUT2D eigenvalue weighted by Gasteiger charge is 2.48. The molecule has 0 spiro atoms. The van der Waals surface area contributed by atoms with Gasteiger partial charge >= 0.3 is 0 Å². The number of hydrogen-bond donors (Lipinski definition) is 3. The lowest BCUT2D eigenvalue weighted by molar-refractivity contribution is -0.132. The van der Waals surface area contributed by atoms with Crippen LogP contribution in [0.3, 0.4) is 0 Å². The van der Waals surface area contributed by atoms with E-state index in [1.54, 1.807) is 0 Å². The number of rotatable bonds is 6. The third kappa shape index (κ3) is 2.60. The van der Waals surface area contributed by atoms with Crippen LogP contribution in [0.25, 0.3) is 0 Å². The minimum Gasteiger partial charge on any atom is -0.409 e. The highest BCUT2D eigenvalue weighted by Crippen LogP contribution is 2.41. The van der Waals surface area contributed by atoms with Crippen LogP contribution in [0.5, 0.6) is 0 Å². The monoisotopic (exact) mass is 255 g/mol. The van der Waals surface area contributed by atoms with Crippen molar-refractivity contribution in [3.8, 4) is 0 Å². The second-order valence-corrected chi connectivity index (χ2v) is 5.26. The summed E-state index contributed by atoms with van der Waals surface area (Å²) in [7, 11) is 0. The highest BCUT2D eigenvalue weighted by atomic mass is 16.4. The fraction of sp³-hybridized carbons (Fsp3) is 0.846. The van der Waals surface area contributed by atoms with Crippen LogP contribution in [0.2, 0.25) is 0 Å². The first-order valence-electron chi connectivity index (χ1n) is 6.80. The largest absolute Gasteiger partial charge is 0.409 e. The average Bonchev–Trinajstić information content (AvgIpc) is 2.28. The van der Waals surface area contributed by atoms with Gasteiger partial charge in [-0.3, -0.25) is 4.79 Å². The summed E-state index contributed by atoms with van der Waals surface area (Å²) in [6.45, 7) is 6.27. The standard InChI is InChI=1S/C13H25N3O2/c1-4-10(5-2)9(3)15-12(17)13(7-6-8-13)11(14)16-18/h9-10,18H,4-8H2,1-3H3,(H2,14,16)(H,15,17). The second-order valence-electron chi connectivity index (χ2n) is 5.26. The number of nitrogens with zero attached hydrogens (tertiary/aromatic N) is 1. The molecular weight excluding hydrogens is 230 g/mol. The third-order valence-electron chi connectivity index (χ3n) is 4.35. The normalized spacial score (nSPS) is 20.3. The van der Waals surface area contributed by atoms with E-state index in [0.29, 0.717) is 18.8 Å². The van der Waals surface area contributed by atoms with Crippen LogP contribution in [0, 0.1) is 11.3 Å². The van der Waals surface area contributed by atoms with E-state index in [9.17, 15) is 4.79 Å². The van der Waals surface area contributed by atoms with Gasteiger partial charge in [-0.25, -0.2) is 0 Å². The van der Waals surface area contributed by atoms with Crippen LogP contribution in [0.15, 0.2) is 5.16 Å². The molecule has 1 saturated carbocycles. The summed E-state index contributed by atoms with van der Waals surface area (Å²) in [6, 6.07) is 0.122. The van der Waals surface area contributed by atoms with Crippen molar-refractivity contribution < 1.29 is 10.0 Å². The lowest BCUT2D eigenvalue weighted by atomic mass is 9.67. The van der Waals surface area contributed by atoms with E-state index < -0.39 is 5.41 Å². The minimum atomic E-state index is -0.769. The summed E-state index contributed by atoms with van der Waals surface area (Å²) in [5.41, 5.74) is 4.90. The molecule has 0 aromatic rings. The maximum atomic E-state index is 12.3. The molecule has 5 nitrogen and oxygen atoms in total. The molecular formula is C13H25N3O2. The van der Waals surface area contributed by atoms with E-state index in [1.807, 2.05) is 6.92 Å². The van der Waals surface area contributed by atoms with Gasteiger partial charge in [0.15, 0.2) is 5.84 Å². The Balaban J connectivity index is 2.69. The number of nitrogens with one attached hydrogen (secondary N) is 1. The maximum Gasteiger partial charge on any atom is 0.234 e. The second kappa shape index (κ2) is 6.07. The van der Waals surface area contributed by atoms with Gasteiger partial charge in [0.1, 0.15) is 5.41 Å². The van der Waals surface area contributed by atoms with Crippen LogP contribution in [0.1, 0.15) is 52.9 Å². The average molecular weight is 255 g/mol. The molecule has 1 fully saturated rings. The van der Waals surface area contributed by atoms with Crippen LogP contribution < -0.4 is 11.1 Å². The van der Waals surface area contributed by atoms with Gasteiger partial charge in [-0.1, -0.05) is 38.3 Å². The zero-order chi connectivity index (χ0) is 13.8. The van der Waals surface area contributed by atoms with Crippen molar-refractivity contribution >= 4 is 11.7 Å². The molecule has 1 aliphatic carbocycles. The third-order valence-corrected chi connectivity index (χ3v) is 4.35. The molecule has 0 radical (unpaired) electrons. The highest BCUT2D eigenvalue weighted by molar-refractivity contribution is 6.07. The Hall–Kier alpha value is -1.26. The number of oxime groups is 1. The first-order valence-corrected chi connectivity index (χ1v) is 6.80. The summed E-state index contributed by atoms with van der Waals surface area (Å²) in [4.78, 5) is 12.3. The molecule has 0 aromatic heterocycles. The van der Waals surface area contributed by atoms with E-state index in [1.165, 1.54) is 0 Å². The molecule has 0 bridgehead atoms. The van der Waals surface area contributed by atoms with Gasteiger partial charge in [0.2, 0.25) is 5.91 Å². The fourth-order valence-corrected chi connectivity index (χ4v) is 2.68. The van der Waals surface area contributed by atoms with Gasteiger partial charge in [0.25, 0.3) is 0 Å². The SMILES string of the molecule is CCC(CC)C(C)NC(=O)C1(C(N)=NO)CCC1. The molecule has 0 heterocycles. The molecule has 18 heavy (non-hydrogen) atoms. The van der Waals surface area contributed by atoms with Gasteiger partial charge in [0, 0.05) is 6.04 Å². The first-order chi connectivity index (χ1) is 8.51. The van der Waals surface area contributed by atoms with Gasteiger partial charge < -0.3 is 16.3 Å². The molecule has 1 atom stereocenters. The summed E-state index contributed by atoms with van der Waals surface area (Å²) in [6.07, 6.45) is 4.36. The predicted octanol–water partition coefficient (Wildman–Crippen LogP) is 1.84. The van der Waals surface area contributed by atoms with Gasteiger partial charge in [0.05, 0.1) is 0 Å². The Kier molecular flexibility index (Phi) is 4.99. The minimum absolute atomic E-state index is 0.0444. The van der Waals surface area contributed by atoms with Gasteiger partial charge in [-0.15, -0.1) is 0 Å². The quantitative estimate of drug-likeness (QED) is 0.293. The lowest BCUT2D eigenvalue weighted by Crippen LogP contribution is -2.56. The van der Waals surface area contributed by atoms with Gasteiger partial charge in [-0.05, 0) is 25.7 Å². The van der Waals surface area contributed by atoms with E-state index in [2.05, 4.69) is 24.3 Å². The zero-order valence-electron chi connectivity index (χ0n) is 11.6. The summed E-state index contributed by atoms with van der Waals surface area (Å²) in [5, 5.41) is 14.9. The van der Waals surface area contributed by atoms with E-state index >= 15 is 0 Å². The Bertz CT molecular complexity index is 320. The number of hydrogen-bond acceptors (Lipinski definition) is 3. The number of carbonyl (C=O) groups is 1. The summed E-state index contributed by atoms with van der Waals surface area (Å²) >= 11 is 0. The van der Waals surface area contributed by atoms with Crippen LogP contribution >= 0.6 is 0 Å². The molecule has 0 aliphatic heterocycles. The summed E-state index contributed by atoms with van der Waals surface area (Å²) in [5.74, 6) is 0.421.